The summed E-state index contributed by atoms with van der Waals surface area (Å²) in [5.41, 5.74) is 5.28. The van der Waals surface area contributed by atoms with Crippen LogP contribution in [0, 0.1) is 0 Å². The zero-order chi connectivity index (χ0) is 22.5. The number of carbonyl (C=O) groups excluding carboxylic acids is 1. The lowest BCUT2D eigenvalue weighted by atomic mass is 10.1. The zero-order valence-corrected chi connectivity index (χ0v) is 20.6. The van der Waals surface area contributed by atoms with Crippen LogP contribution < -0.4 is 10.4 Å². The van der Waals surface area contributed by atoms with Gasteiger partial charge in [-0.15, -0.1) is 0 Å². The number of hydrogen-bond acceptors (Lipinski definition) is 5. The minimum absolute atomic E-state index is 0.0914. The van der Waals surface area contributed by atoms with E-state index in [1.165, 1.54) is 5.56 Å². The fourth-order valence-corrected chi connectivity index (χ4v) is 6.30. The molecule has 0 aromatic heterocycles. The molecule has 1 aromatic carbocycles. The Morgan fingerprint density at radius 2 is 1.68 bits per heavy atom. The summed E-state index contributed by atoms with van der Waals surface area (Å²) in [7, 11) is -2.70. The number of hydrazine groups is 1. The average molecular weight is 450 g/mol. The van der Waals surface area contributed by atoms with Crippen molar-refractivity contribution in [2.45, 2.75) is 59.4 Å². The van der Waals surface area contributed by atoms with Crippen molar-refractivity contribution in [1.82, 2.24) is 10.3 Å². The fourth-order valence-electron chi connectivity index (χ4n) is 3.71. The molecule has 0 saturated carbocycles. The predicted octanol–water partition coefficient (Wildman–Crippen LogP) is 4.73. The van der Waals surface area contributed by atoms with Crippen LogP contribution in [-0.4, -0.2) is 52.6 Å². The number of amides is 2. The molecule has 1 aliphatic heterocycles. The van der Waals surface area contributed by atoms with E-state index in [0.717, 1.165) is 31.4 Å². The molecule has 0 saturated heterocycles. The van der Waals surface area contributed by atoms with Gasteiger partial charge in [-0.3, -0.25) is 5.01 Å². The molecule has 0 unspecified atom stereocenters. The van der Waals surface area contributed by atoms with E-state index in [2.05, 4.69) is 24.5 Å². The van der Waals surface area contributed by atoms with Crippen LogP contribution >= 0.6 is 0 Å². The first-order valence-corrected chi connectivity index (χ1v) is 13.5. The number of carbonyl (C=O) groups is 1. The summed E-state index contributed by atoms with van der Waals surface area (Å²) in [5.74, 6) is 0. The summed E-state index contributed by atoms with van der Waals surface area (Å²) in [6, 6.07) is 8.74. The van der Waals surface area contributed by atoms with Crippen LogP contribution in [0.1, 0.15) is 52.5 Å². The van der Waals surface area contributed by atoms with Crippen LogP contribution in [0.25, 0.3) is 0 Å². The summed E-state index contributed by atoms with van der Waals surface area (Å²) < 4.78 is 17.9. The van der Waals surface area contributed by atoms with Gasteiger partial charge in [0.1, 0.15) is 0 Å². The topological polar surface area (TPSA) is 63.3 Å². The SMILES string of the molecule is CCCCN(CCC[Si](OCC)(OCC)OCC)C(=O)NN1C=CCc2ccccc21. The third-order valence-corrected chi connectivity index (χ3v) is 8.28. The van der Waals surface area contributed by atoms with E-state index in [-0.39, 0.29) is 6.03 Å². The van der Waals surface area contributed by atoms with E-state index in [9.17, 15) is 4.79 Å². The van der Waals surface area contributed by atoms with Crippen molar-refractivity contribution in [3.8, 4) is 0 Å². The van der Waals surface area contributed by atoms with Crippen LogP contribution in [0.3, 0.4) is 0 Å². The van der Waals surface area contributed by atoms with E-state index in [0.29, 0.717) is 39.0 Å². The highest BCUT2D eigenvalue weighted by atomic mass is 28.4. The van der Waals surface area contributed by atoms with Crippen molar-refractivity contribution in [2.75, 3.05) is 37.9 Å². The summed E-state index contributed by atoms with van der Waals surface area (Å²) in [5, 5.41) is 1.82. The van der Waals surface area contributed by atoms with Crippen LogP contribution in [0.4, 0.5) is 10.5 Å². The predicted molar refractivity (Wildman–Crippen MR) is 127 cm³/mol. The van der Waals surface area contributed by atoms with Gasteiger partial charge in [0, 0.05) is 45.2 Å². The Labute approximate surface area is 188 Å². The molecule has 1 aromatic rings. The van der Waals surface area contributed by atoms with Crippen LogP contribution in [0.5, 0.6) is 0 Å². The normalized spacial score (nSPS) is 13.2. The monoisotopic (exact) mass is 449 g/mol. The van der Waals surface area contributed by atoms with Gasteiger partial charge in [0.15, 0.2) is 0 Å². The average Bonchev–Trinajstić information content (AvgIpc) is 2.77. The van der Waals surface area contributed by atoms with Gasteiger partial charge in [-0.05, 0) is 51.7 Å². The molecule has 8 heteroatoms. The molecular formula is C23H39N3O4Si. The number of allylic oxidation sites excluding steroid dienone is 1. The molecule has 1 aliphatic rings. The van der Waals surface area contributed by atoms with E-state index in [1.807, 2.05) is 55.1 Å². The van der Waals surface area contributed by atoms with Gasteiger partial charge in [0.2, 0.25) is 0 Å². The minimum atomic E-state index is -2.70. The van der Waals surface area contributed by atoms with Gasteiger partial charge in [-0.1, -0.05) is 37.6 Å². The quantitative estimate of drug-likeness (QED) is 0.416. The largest absolute Gasteiger partial charge is 0.500 e. The Bertz CT molecular complexity index is 684. The van der Waals surface area contributed by atoms with Gasteiger partial charge >= 0.3 is 14.8 Å². The Morgan fingerprint density at radius 1 is 1.03 bits per heavy atom. The summed E-state index contributed by atoms with van der Waals surface area (Å²) in [4.78, 5) is 15.0. The number of para-hydroxylation sites is 1. The number of benzene rings is 1. The number of urea groups is 1. The van der Waals surface area contributed by atoms with Crippen LogP contribution in [-0.2, 0) is 19.7 Å². The number of nitrogens with one attached hydrogen (secondary N) is 1. The van der Waals surface area contributed by atoms with Gasteiger partial charge in [-0.25, -0.2) is 10.2 Å². The number of hydrogen-bond donors (Lipinski definition) is 1. The van der Waals surface area contributed by atoms with Crippen molar-refractivity contribution >= 4 is 20.5 Å². The summed E-state index contributed by atoms with van der Waals surface area (Å²) in [6.07, 6.45) is 7.63. The first-order chi connectivity index (χ1) is 15.1. The van der Waals surface area contributed by atoms with Crippen molar-refractivity contribution in [3.63, 3.8) is 0 Å². The molecule has 31 heavy (non-hydrogen) atoms. The Balaban J connectivity index is 2.01. The highest BCUT2D eigenvalue weighted by Gasteiger charge is 2.39. The van der Waals surface area contributed by atoms with Gasteiger partial charge in [0.05, 0.1) is 5.69 Å². The molecule has 0 radical (unpaired) electrons. The van der Waals surface area contributed by atoms with Gasteiger partial charge in [0.25, 0.3) is 0 Å². The van der Waals surface area contributed by atoms with Crippen molar-refractivity contribution in [1.29, 1.82) is 0 Å². The van der Waals surface area contributed by atoms with Crippen molar-refractivity contribution in [3.05, 3.63) is 42.1 Å². The molecule has 2 amide bonds. The molecule has 0 fully saturated rings. The molecule has 2 rings (SSSR count). The lowest BCUT2D eigenvalue weighted by Crippen LogP contribution is -2.49. The molecule has 1 heterocycles. The third-order valence-electron chi connectivity index (χ3n) is 5.13. The van der Waals surface area contributed by atoms with Crippen LogP contribution in [0.2, 0.25) is 6.04 Å². The molecule has 7 nitrogen and oxygen atoms in total. The summed E-state index contributed by atoms with van der Waals surface area (Å²) >= 11 is 0. The maximum absolute atomic E-state index is 13.1. The number of unbranched alkanes of at least 4 members (excludes halogenated alkanes) is 1. The maximum atomic E-state index is 13.1. The standard InChI is InChI=1S/C23H39N3O4Si/c1-5-9-17-25(18-13-20-31(28-6-2,29-7-3)30-8-4)23(27)24-26-19-12-15-21-14-10-11-16-22(21)26/h10-12,14,16,19H,5-9,13,15,17-18,20H2,1-4H3,(H,24,27). The fraction of sp³-hybridized carbons (Fsp3) is 0.609. The third kappa shape index (κ3) is 7.64. The second kappa shape index (κ2) is 13.5. The Morgan fingerprint density at radius 3 is 2.32 bits per heavy atom. The molecule has 0 atom stereocenters. The Kier molecular flexibility index (Phi) is 11.1. The lowest BCUT2D eigenvalue weighted by molar-refractivity contribution is 0.0701. The first-order valence-electron chi connectivity index (χ1n) is 11.6. The highest BCUT2D eigenvalue weighted by molar-refractivity contribution is 6.60. The number of nitrogens with zero attached hydrogens (tertiary/aromatic N) is 2. The smallest absolute Gasteiger partial charge is 0.374 e. The van der Waals surface area contributed by atoms with Gasteiger partial charge in [-0.2, -0.15) is 0 Å². The number of anilines is 1. The minimum Gasteiger partial charge on any atom is -0.374 e. The first kappa shape index (κ1) is 25.4. The van der Waals surface area contributed by atoms with E-state index in [1.54, 1.807) is 0 Å². The molecule has 0 aliphatic carbocycles. The lowest BCUT2D eigenvalue weighted by Gasteiger charge is -2.32. The van der Waals surface area contributed by atoms with E-state index in [4.69, 9.17) is 13.3 Å². The number of fused-ring (bicyclic) bond motifs is 1. The zero-order valence-electron chi connectivity index (χ0n) is 19.6. The molecule has 0 spiro atoms. The highest BCUT2D eigenvalue weighted by Crippen LogP contribution is 2.24. The second-order valence-corrected chi connectivity index (χ2v) is 10.2. The van der Waals surface area contributed by atoms with E-state index < -0.39 is 8.80 Å². The summed E-state index contributed by atoms with van der Waals surface area (Å²) in [6.45, 7) is 11.1. The molecule has 174 valence electrons. The Hall–Kier alpha value is -1.87. The molecule has 0 bridgehead atoms. The van der Waals surface area contributed by atoms with Gasteiger partial charge < -0.3 is 18.2 Å². The number of rotatable bonds is 14. The molecular weight excluding hydrogens is 410 g/mol. The molecule has 1 N–H and O–H groups in total. The van der Waals surface area contributed by atoms with Crippen molar-refractivity contribution in [2.24, 2.45) is 0 Å². The van der Waals surface area contributed by atoms with Crippen LogP contribution in [0.15, 0.2) is 36.5 Å². The second-order valence-electron chi connectivity index (χ2n) is 7.43. The van der Waals surface area contributed by atoms with E-state index >= 15 is 0 Å². The van der Waals surface area contributed by atoms with Crippen molar-refractivity contribution < 1.29 is 18.1 Å². The maximum Gasteiger partial charge on any atom is 0.500 e.